The highest BCUT2D eigenvalue weighted by Gasteiger charge is 2.14. The van der Waals surface area contributed by atoms with Gasteiger partial charge in [0.05, 0.1) is 0 Å². The Bertz CT molecular complexity index is 605. The van der Waals surface area contributed by atoms with Crippen molar-refractivity contribution in [2.24, 2.45) is 0 Å². The van der Waals surface area contributed by atoms with Crippen LogP contribution in [-0.2, 0) is 6.54 Å². The van der Waals surface area contributed by atoms with Crippen LogP contribution < -0.4 is 0 Å². The lowest BCUT2D eigenvalue weighted by Crippen LogP contribution is -1.99. The van der Waals surface area contributed by atoms with Crippen LogP contribution in [0.15, 0.2) is 16.8 Å². The average molecular weight is 232 g/mol. The van der Waals surface area contributed by atoms with Crippen LogP contribution in [0.4, 0.5) is 0 Å². The van der Waals surface area contributed by atoms with Crippen molar-refractivity contribution in [3.05, 3.63) is 35.3 Å². The Morgan fingerprint density at radius 3 is 3.00 bits per heavy atom. The van der Waals surface area contributed by atoms with E-state index in [4.69, 9.17) is 14.8 Å². The summed E-state index contributed by atoms with van der Waals surface area (Å²) in [6, 6.07) is 3.24. The number of aryl methyl sites for hydroxylation is 1. The van der Waals surface area contributed by atoms with Gasteiger partial charge in [0, 0.05) is 0 Å². The molecule has 7 heteroatoms. The molecule has 0 aliphatic carbocycles. The van der Waals surface area contributed by atoms with Crippen molar-refractivity contribution in [1.82, 2.24) is 14.8 Å². The molecule has 0 fully saturated rings. The van der Waals surface area contributed by atoms with Crippen molar-refractivity contribution < 1.29 is 14.3 Å². The van der Waals surface area contributed by atoms with Crippen LogP contribution >= 0.6 is 0 Å². The van der Waals surface area contributed by atoms with Crippen LogP contribution in [0.1, 0.15) is 27.7 Å². The maximum Gasteiger partial charge on any atom is 0.339 e. The van der Waals surface area contributed by atoms with Crippen molar-refractivity contribution in [1.29, 1.82) is 5.26 Å². The van der Waals surface area contributed by atoms with Gasteiger partial charge in [-0.3, -0.25) is 0 Å². The van der Waals surface area contributed by atoms with Crippen LogP contribution in [0.3, 0.4) is 0 Å². The van der Waals surface area contributed by atoms with Gasteiger partial charge in [-0.1, -0.05) is 0 Å². The summed E-state index contributed by atoms with van der Waals surface area (Å²) in [4.78, 5) is 14.5. The zero-order valence-corrected chi connectivity index (χ0v) is 8.91. The first kappa shape index (κ1) is 10.9. The van der Waals surface area contributed by atoms with Crippen LogP contribution in [0.5, 0.6) is 0 Å². The van der Waals surface area contributed by atoms with Crippen molar-refractivity contribution in [3.8, 4) is 6.07 Å². The summed E-state index contributed by atoms with van der Waals surface area (Å²) in [7, 11) is 0. The van der Waals surface area contributed by atoms with Gasteiger partial charge in [-0.2, -0.15) is 5.26 Å². The second-order valence-electron chi connectivity index (χ2n) is 3.37. The van der Waals surface area contributed by atoms with Gasteiger partial charge in [-0.25, -0.2) is 14.5 Å². The molecule has 2 aromatic heterocycles. The minimum Gasteiger partial charge on any atom is -0.478 e. The number of hydrogen-bond acceptors (Lipinski definition) is 5. The lowest BCUT2D eigenvalue weighted by molar-refractivity contribution is 0.0695. The molecule has 0 amide bonds. The van der Waals surface area contributed by atoms with Crippen molar-refractivity contribution >= 4 is 5.97 Å². The van der Waals surface area contributed by atoms with E-state index in [1.807, 2.05) is 0 Å². The summed E-state index contributed by atoms with van der Waals surface area (Å²) in [5.74, 6) is -0.178. The highest BCUT2D eigenvalue weighted by Crippen LogP contribution is 2.15. The number of aromatic carboxylic acids is 1. The van der Waals surface area contributed by atoms with E-state index in [0.717, 1.165) is 0 Å². The van der Waals surface area contributed by atoms with Gasteiger partial charge in [0.1, 0.15) is 36.0 Å². The predicted molar refractivity (Wildman–Crippen MR) is 54.2 cm³/mol. The van der Waals surface area contributed by atoms with Gasteiger partial charge in [0.25, 0.3) is 5.82 Å². The zero-order valence-electron chi connectivity index (χ0n) is 8.91. The van der Waals surface area contributed by atoms with Crippen molar-refractivity contribution in [2.45, 2.75) is 13.5 Å². The van der Waals surface area contributed by atoms with Crippen LogP contribution in [0, 0.1) is 18.3 Å². The summed E-state index contributed by atoms with van der Waals surface area (Å²) in [5.41, 5.74) is 0.126. The Labute approximate surface area is 95.9 Å². The van der Waals surface area contributed by atoms with E-state index in [1.54, 1.807) is 13.0 Å². The second-order valence-corrected chi connectivity index (χ2v) is 3.37. The molecule has 0 bridgehead atoms. The van der Waals surface area contributed by atoms with Crippen LogP contribution in [-0.4, -0.2) is 25.8 Å². The van der Waals surface area contributed by atoms with Gasteiger partial charge in [-0.05, 0) is 13.0 Å². The molecular weight excluding hydrogens is 224 g/mol. The molecule has 1 N–H and O–H groups in total. The first-order valence-electron chi connectivity index (χ1n) is 4.72. The highest BCUT2D eigenvalue weighted by molar-refractivity contribution is 5.88. The largest absolute Gasteiger partial charge is 0.478 e. The third-order valence-corrected chi connectivity index (χ3v) is 2.15. The van der Waals surface area contributed by atoms with E-state index in [0.29, 0.717) is 11.5 Å². The van der Waals surface area contributed by atoms with Crippen LogP contribution in [0.25, 0.3) is 0 Å². The van der Waals surface area contributed by atoms with Gasteiger partial charge < -0.3 is 9.52 Å². The Hall–Kier alpha value is -2.62. The maximum absolute atomic E-state index is 10.8. The van der Waals surface area contributed by atoms with Crippen LogP contribution in [0.2, 0.25) is 0 Å². The molecule has 0 saturated heterocycles. The average Bonchev–Trinajstić information content (AvgIpc) is 2.85. The van der Waals surface area contributed by atoms with E-state index in [1.165, 1.54) is 17.1 Å². The molecule has 0 radical (unpaired) electrons. The molecule has 17 heavy (non-hydrogen) atoms. The molecule has 0 aliphatic rings. The minimum atomic E-state index is -1.03. The van der Waals surface area contributed by atoms with E-state index in [2.05, 4.69) is 10.1 Å². The first-order chi connectivity index (χ1) is 8.10. The van der Waals surface area contributed by atoms with Gasteiger partial charge in [0.2, 0.25) is 0 Å². The van der Waals surface area contributed by atoms with E-state index < -0.39 is 5.97 Å². The molecule has 2 aromatic rings. The molecule has 0 aromatic carbocycles. The first-order valence-corrected chi connectivity index (χ1v) is 4.72. The number of aromatic nitrogens is 3. The summed E-state index contributed by atoms with van der Waals surface area (Å²) in [6.07, 6.45) is 1.39. The molecule has 2 rings (SSSR count). The van der Waals surface area contributed by atoms with Gasteiger partial charge in [-0.15, -0.1) is 5.10 Å². The maximum atomic E-state index is 10.8. The molecule has 86 valence electrons. The standard InChI is InChI=1S/C10H8N4O3/c1-6-8(10(15)16)2-7(17-6)4-14-5-12-9(3-11)13-14/h2,5H,4H2,1H3,(H,15,16). The molecular formula is C10H8N4O3. The Kier molecular flexibility index (Phi) is 2.62. The Morgan fingerprint density at radius 2 is 2.47 bits per heavy atom. The fourth-order valence-corrected chi connectivity index (χ4v) is 1.42. The Morgan fingerprint density at radius 1 is 1.71 bits per heavy atom. The second kappa shape index (κ2) is 4.09. The minimum absolute atomic E-state index is 0.0618. The quantitative estimate of drug-likeness (QED) is 0.838. The fourth-order valence-electron chi connectivity index (χ4n) is 1.42. The SMILES string of the molecule is Cc1oc(Cn2cnc(C#N)n2)cc1C(=O)O. The highest BCUT2D eigenvalue weighted by atomic mass is 16.4. The molecule has 0 unspecified atom stereocenters. The number of carboxylic acids is 1. The van der Waals surface area contributed by atoms with Gasteiger partial charge >= 0.3 is 5.97 Å². The number of rotatable bonds is 3. The Balaban J connectivity index is 2.22. The normalized spacial score (nSPS) is 10.1. The molecule has 7 nitrogen and oxygen atoms in total. The molecule has 0 atom stereocenters. The van der Waals surface area contributed by atoms with Gasteiger partial charge in [0.15, 0.2) is 0 Å². The fraction of sp³-hybridized carbons (Fsp3) is 0.200. The molecule has 0 saturated carbocycles. The number of hydrogen-bond donors (Lipinski definition) is 1. The van der Waals surface area contributed by atoms with Crippen molar-refractivity contribution in [2.75, 3.05) is 0 Å². The third kappa shape index (κ3) is 2.15. The summed E-state index contributed by atoms with van der Waals surface area (Å²) in [6.45, 7) is 1.82. The van der Waals surface area contributed by atoms with E-state index >= 15 is 0 Å². The molecule has 2 heterocycles. The number of nitrogens with zero attached hydrogens (tertiary/aromatic N) is 4. The summed E-state index contributed by atoms with van der Waals surface area (Å²) in [5, 5.41) is 21.2. The smallest absolute Gasteiger partial charge is 0.339 e. The molecule has 0 aliphatic heterocycles. The van der Waals surface area contributed by atoms with Crippen molar-refractivity contribution in [3.63, 3.8) is 0 Å². The number of furan rings is 1. The lowest BCUT2D eigenvalue weighted by Gasteiger charge is -1.94. The van der Waals surface area contributed by atoms with E-state index in [-0.39, 0.29) is 17.9 Å². The topological polar surface area (TPSA) is 105 Å². The number of nitriles is 1. The number of carboxylic acid groups (broad SMARTS) is 1. The number of carbonyl (C=O) groups is 1. The monoisotopic (exact) mass is 232 g/mol. The summed E-state index contributed by atoms with van der Waals surface area (Å²) >= 11 is 0. The lowest BCUT2D eigenvalue weighted by atomic mass is 10.2. The van der Waals surface area contributed by atoms with E-state index in [9.17, 15) is 4.79 Å². The molecule has 0 spiro atoms. The predicted octanol–water partition coefficient (Wildman–Crippen LogP) is 0.798. The summed E-state index contributed by atoms with van der Waals surface area (Å²) < 4.78 is 6.68. The third-order valence-electron chi connectivity index (χ3n) is 2.15. The zero-order chi connectivity index (χ0) is 12.4.